The summed E-state index contributed by atoms with van der Waals surface area (Å²) in [5.74, 6) is -0.321. The van der Waals surface area contributed by atoms with Gasteiger partial charge < -0.3 is 38.3 Å². The largest absolute Gasteiger partial charge is 0.458 e. The molecule has 0 unspecified atom stereocenters. The maximum Gasteiger partial charge on any atom is 0.338 e. The summed E-state index contributed by atoms with van der Waals surface area (Å²) < 4.78 is 35.7. The number of hydrogen-bond acceptors (Lipinski definition) is 10. The Kier molecular flexibility index (Phi) is 9.37. The first-order valence-corrected chi connectivity index (χ1v) is 17.9. The van der Waals surface area contributed by atoms with Crippen molar-refractivity contribution >= 4 is 29.8 Å². The molecule has 2 heterocycles. The number of carbonyl (C=O) groups is 3. The molecular formula is C38H47ClO10. The zero-order valence-corrected chi connectivity index (χ0v) is 29.4. The maximum atomic E-state index is 13.2. The minimum Gasteiger partial charge on any atom is -0.458 e. The molecule has 1 saturated heterocycles. The molecule has 1 N–H and O–H groups in total. The Balaban J connectivity index is 1.04. The fourth-order valence-corrected chi connectivity index (χ4v) is 10.6. The second-order valence-electron chi connectivity index (χ2n) is 15.2. The first-order valence-electron chi connectivity index (χ1n) is 17.6. The monoisotopic (exact) mass is 698 g/mol. The van der Waals surface area contributed by atoms with Crippen LogP contribution in [0.2, 0.25) is 5.02 Å². The molecule has 11 heteroatoms. The normalized spacial score (nSPS) is 43.0. The van der Waals surface area contributed by atoms with Crippen molar-refractivity contribution in [1.29, 1.82) is 0 Å². The SMILES string of the molecule is CO[C@H]1[C@@H](OC(=O)c2ccc(Cl)cc2)[C@@H](C)O[C@@H](O[C@H]2CC[C@]3(C=O)[C@H]4CC[C@@]5(C)C(=CC[C@@H]5C5=CC(=O)OC5)[C@@H]4CC[C@]3(O)C2)[C@@H]1OC. The molecule has 3 saturated carbocycles. The number of rotatable bonds is 8. The lowest BCUT2D eigenvalue weighted by Gasteiger charge is -2.62. The van der Waals surface area contributed by atoms with Crippen molar-refractivity contribution in [2.24, 2.45) is 28.6 Å². The lowest BCUT2D eigenvalue weighted by atomic mass is 9.44. The van der Waals surface area contributed by atoms with Crippen molar-refractivity contribution in [3.05, 3.63) is 58.1 Å². The Labute approximate surface area is 292 Å². The van der Waals surface area contributed by atoms with Crippen molar-refractivity contribution in [3.8, 4) is 0 Å². The first kappa shape index (κ1) is 34.8. The van der Waals surface area contributed by atoms with Crippen LogP contribution >= 0.6 is 11.6 Å². The summed E-state index contributed by atoms with van der Waals surface area (Å²) in [4.78, 5) is 38.1. The number of ether oxygens (including phenoxy) is 6. The Morgan fingerprint density at radius 2 is 1.80 bits per heavy atom. The Morgan fingerprint density at radius 3 is 2.47 bits per heavy atom. The molecule has 4 aliphatic carbocycles. The summed E-state index contributed by atoms with van der Waals surface area (Å²) in [5.41, 5.74) is 0.636. The molecule has 1 aromatic rings. The standard InChI is InChI=1S/C38H47ClO10/c1-21-31(49-34(42)22-5-7-24(39)8-6-22)32(44-3)33(45-4)35(47-21)48-25-11-15-37(20-40)29-13-14-36(2)27(23-17-30(41)46-19-23)9-10-28(36)26(29)12-16-38(37,43)18-25/h5-8,10,17,20-21,25-27,29,31-33,35,43H,9,11-16,18-19H2,1-4H3/t21-,25+,26+,27-,29+,31+,32+,33-,35+,36-,37+,38+/m1/s1. The smallest absolute Gasteiger partial charge is 0.338 e. The second kappa shape index (κ2) is 13.2. The zero-order valence-electron chi connectivity index (χ0n) is 28.6. The molecule has 1 aromatic carbocycles. The van der Waals surface area contributed by atoms with Crippen LogP contribution in [0.3, 0.4) is 0 Å². The van der Waals surface area contributed by atoms with Gasteiger partial charge in [-0.25, -0.2) is 9.59 Å². The summed E-state index contributed by atoms with van der Waals surface area (Å²) >= 11 is 5.99. The molecule has 7 rings (SSSR count). The van der Waals surface area contributed by atoms with Crippen LogP contribution in [0.4, 0.5) is 0 Å². The van der Waals surface area contributed by atoms with Gasteiger partial charge in [0.15, 0.2) is 12.4 Å². The van der Waals surface area contributed by atoms with Gasteiger partial charge in [-0.3, -0.25) is 0 Å². The van der Waals surface area contributed by atoms with Crippen molar-refractivity contribution in [1.82, 2.24) is 0 Å². The topological polar surface area (TPSA) is 127 Å². The number of allylic oxidation sites excluding steroid dienone is 2. The second-order valence-corrected chi connectivity index (χ2v) is 15.6. The Hall–Kier alpha value is -2.60. The van der Waals surface area contributed by atoms with E-state index >= 15 is 0 Å². The predicted molar refractivity (Wildman–Crippen MR) is 178 cm³/mol. The van der Waals surface area contributed by atoms with E-state index in [1.165, 1.54) is 19.8 Å². The van der Waals surface area contributed by atoms with E-state index in [4.69, 9.17) is 40.0 Å². The van der Waals surface area contributed by atoms with Crippen LogP contribution in [0.1, 0.15) is 75.6 Å². The summed E-state index contributed by atoms with van der Waals surface area (Å²) in [6.07, 6.45) is 6.35. The van der Waals surface area contributed by atoms with E-state index < -0.39 is 47.7 Å². The lowest BCUT2D eigenvalue weighted by molar-refractivity contribution is -0.320. The average Bonchev–Trinajstić information content (AvgIpc) is 3.67. The fraction of sp³-hybridized carbons (Fsp3) is 0.658. The van der Waals surface area contributed by atoms with Crippen LogP contribution in [0.5, 0.6) is 0 Å². The minimum absolute atomic E-state index is 0.0323. The summed E-state index contributed by atoms with van der Waals surface area (Å²) in [6, 6.07) is 6.45. The van der Waals surface area contributed by atoms with Crippen molar-refractivity contribution < 1.29 is 47.9 Å². The molecule has 0 amide bonds. The van der Waals surface area contributed by atoms with E-state index in [-0.39, 0.29) is 35.2 Å². The molecule has 0 aromatic heterocycles. The number of hydrogen-bond donors (Lipinski definition) is 1. The fourth-order valence-electron chi connectivity index (χ4n) is 10.5. The highest BCUT2D eigenvalue weighted by Gasteiger charge is 2.66. The van der Waals surface area contributed by atoms with Gasteiger partial charge in [0.05, 0.1) is 28.8 Å². The Bertz CT molecular complexity index is 1520. The molecule has 6 aliphatic rings. The number of aldehydes is 1. The van der Waals surface area contributed by atoms with Gasteiger partial charge in [-0.15, -0.1) is 0 Å². The number of methoxy groups -OCH3 is 2. The molecule has 10 nitrogen and oxygen atoms in total. The molecular weight excluding hydrogens is 652 g/mol. The number of cyclic esters (lactones) is 1. The lowest BCUT2D eigenvalue weighted by Crippen LogP contribution is -2.65. The third kappa shape index (κ3) is 5.71. The minimum atomic E-state index is -1.22. The van der Waals surface area contributed by atoms with Gasteiger partial charge in [0.2, 0.25) is 0 Å². The molecule has 49 heavy (non-hydrogen) atoms. The highest BCUT2D eigenvalue weighted by Crippen LogP contribution is 2.67. The van der Waals surface area contributed by atoms with Crippen LogP contribution in [0.15, 0.2) is 47.6 Å². The van der Waals surface area contributed by atoms with Gasteiger partial charge in [0.1, 0.15) is 25.1 Å². The third-order valence-corrected chi connectivity index (χ3v) is 13.2. The summed E-state index contributed by atoms with van der Waals surface area (Å²) in [6.45, 7) is 4.47. The first-order chi connectivity index (χ1) is 23.5. The van der Waals surface area contributed by atoms with E-state index in [1.807, 2.05) is 0 Å². The van der Waals surface area contributed by atoms with Crippen LogP contribution in [-0.4, -0.2) is 86.6 Å². The van der Waals surface area contributed by atoms with Crippen LogP contribution in [0.25, 0.3) is 0 Å². The van der Waals surface area contributed by atoms with E-state index in [1.54, 1.807) is 37.3 Å². The molecule has 0 bridgehead atoms. The van der Waals surface area contributed by atoms with Crippen LogP contribution in [-0.2, 0) is 38.0 Å². The van der Waals surface area contributed by atoms with E-state index in [9.17, 15) is 19.5 Å². The molecule has 266 valence electrons. The van der Waals surface area contributed by atoms with Gasteiger partial charge >= 0.3 is 11.9 Å². The number of benzene rings is 1. The van der Waals surface area contributed by atoms with E-state index in [0.717, 1.165) is 37.5 Å². The quantitative estimate of drug-likeness (QED) is 0.164. The molecule has 12 atom stereocenters. The van der Waals surface area contributed by atoms with Gasteiger partial charge in [-0.2, -0.15) is 0 Å². The molecule has 4 fully saturated rings. The third-order valence-electron chi connectivity index (χ3n) is 13.0. The van der Waals surface area contributed by atoms with Gasteiger partial charge in [0.25, 0.3) is 0 Å². The van der Waals surface area contributed by atoms with E-state index in [2.05, 4.69) is 13.0 Å². The summed E-state index contributed by atoms with van der Waals surface area (Å²) in [7, 11) is 3.06. The van der Waals surface area contributed by atoms with Crippen molar-refractivity contribution in [2.75, 3.05) is 20.8 Å². The number of aliphatic hydroxyl groups is 1. The molecule has 0 radical (unpaired) electrons. The highest BCUT2D eigenvalue weighted by molar-refractivity contribution is 6.30. The number of halogens is 1. The zero-order chi connectivity index (χ0) is 34.7. The maximum absolute atomic E-state index is 13.2. The van der Waals surface area contributed by atoms with Crippen molar-refractivity contribution in [2.45, 2.75) is 108 Å². The molecule has 2 aliphatic heterocycles. The van der Waals surface area contributed by atoms with Gasteiger partial charge in [0, 0.05) is 31.7 Å². The van der Waals surface area contributed by atoms with E-state index in [0.29, 0.717) is 42.9 Å². The highest BCUT2D eigenvalue weighted by atomic mass is 35.5. The number of carbonyl (C=O) groups excluding carboxylic acids is 3. The predicted octanol–water partition coefficient (Wildman–Crippen LogP) is 5.38. The van der Waals surface area contributed by atoms with Crippen LogP contribution in [0, 0.1) is 28.6 Å². The van der Waals surface area contributed by atoms with Crippen molar-refractivity contribution in [3.63, 3.8) is 0 Å². The van der Waals surface area contributed by atoms with Gasteiger partial charge in [-0.1, -0.05) is 30.2 Å². The number of esters is 2. The molecule has 0 spiro atoms. The summed E-state index contributed by atoms with van der Waals surface area (Å²) in [5, 5.41) is 12.9. The van der Waals surface area contributed by atoms with Crippen LogP contribution < -0.4 is 0 Å². The number of fused-ring (bicyclic) bond motifs is 5. The average molecular weight is 699 g/mol. The Morgan fingerprint density at radius 1 is 1.04 bits per heavy atom. The van der Waals surface area contributed by atoms with Gasteiger partial charge in [-0.05, 0) is 105 Å².